The molecule has 2 rings (SSSR count). The number of nitrogens with zero attached hydrogens (tertiary/aromatic N) is 2. The fraction of sp³-hybridized carbons (Fsp3) is 0.200. The molecule has 0 aliphatic carbocycles. The van der Waals surface area contributed by atoms with Crippen LogP contribution in [0.25, 0.3) is 6.08 Å². The van der Waals surface area contributed by atoms with Gasteiger partial charge in [0, 0.05) is 12.6 Å². The predicted octanol–water partition coefficient (Wildman–Crippen LogP) is 3.32. The molecule has 1 aromatic carbocycles. The first-order valence-electron chi connectivity index (χ1n) is 6.49. The smallest absolute Gasteiger partial charge is 0.328 e. The Labute approximate surface area is 121 Å². The van der Waals surface area contributed by atoms with Crippen LogP contribution in [-0.2, 0) is 11.3 Å². The van der Waals surface area contributed by atoms with E-state index in [1.54, 1.807) is 16.9 Å². The second-order valence-electron chi connectivity index (χ2n) is 4.40. The molecule has 1 N–H and O–H groups in total. The number of benzene rings is 1. The van der Waals surface area contributed by atoms with Crippen LogP contribution in [0.15, 0.2) is 36.7 Å². The molecule has 0 aliphatic heterocycles. The van der Waals surface area contributed by atoms with Crippen LogP contribution in [0.2, 0.25) is 0 Å². The second-order valence-corrected chi connectivity index (χ2v) is 4.40. The average molecular weight is 290 g/mol. The number of carboxylic acid groups (broad SMARTS) is 1. The summed E-state index contributed by atoms with van der Waals surface area (Å²) in [5, 5.41) is 12.6. The summed E-state index contributed by atoms with van der Waals surface area (Å²) < 4.78 is 21.0. The molecule has 1 heterocycles. The highest BCUT2D eigenvalue weighted by Gasteiger charge is 2.07. The zero-order chi connectivity index (χ0) is 15.2. The molecule has 0 bridgehead atoms. The van der Waals surface area contributed by atoms with Gasteiger partial charge in [0.25, 0.3) is 0 Å². The molecule has 0 spiro atoms. The Bertz CT molecular complexity index is 665. The predicted molar refractivity (Wildman–Crippen MR) is 75.7 cm³/mol. The first kappa shape index (κ1) is 14.8. The van der Waals surface area contributed by atoms with Crippen LogP contribution in [0.5, 0.6) is 11.5 Å². The van der Waals surface area contributed by atoms with Crippen molar-refractivity contribution in [2.24, 2.45) is 0 Å². The Balaban J connectivity index is 2.11. The molecule has 0 fully saturated rings. The lowest BCUT2D eigenvalue weighted by Gasteiger charge is -2.04. The molecule has 1 aromatic heterocycles. The van der Waals surface area contributed by atoms with Crippen LogP contribution in [0.4, 0.5) is 4.39 Å². The van der Waals surface area contributed by atoms with Crippen molar-refractivity contribution in [3.05, 3.63) is 48.0 Å². The van der Waals surface area contributed by atoms with Gasteiger partial charge in [-0.15, -0.1) is 0 Å². The zero-order valence-electron chi connectivity index (χ0n) is 11.5. The fourth-order valence-electron chi connectivity index (χ4n) is 1.75. The molecule has 0 amide bonds. The molecule has 0 saturated heterocycles. The Kier molecular flexibility index (Phi) is 4.71. The van der Waals surface area contributed by atoms with Gasteiger partial charge in [0.05, 0.1) is 12.4 Å². The van der Waals surface area contributed by atoms with Crippen molar-refractivity contribution >= 4 is 12.0 Å². The van der Waals surface area contributed by atoms with Crippen molar-refractivity contribution in [3.63, 3.8) is 0 Å². The van der Waals surface area contributed by atoms with Gasteiger partial charge in [0.15, 0.2) is 17.3 Å². The van der Waals surface area contributed by atoms with E-state index in [-0.39, 0.29) is 5.75 Å². The lowest BCUT2D eigenvalue weighted by molar-refractivity contribution is -0.131. The number of hydrogen-bond acceptors (Lipinski definition) is 3. The van der Waals surface area contributed by atoms with Crippen molar-refractivity contribution in [1.82, 2.24) is 9.78 Å². The summed E-state index contributed by atoms with van der Waals surface area (Å²) in [7, 11) is 0. The van der Waals surface area contributed by atoms with Crippen molar-refractivity contribution in [2.45, 2.75) is 19.9 Å². The average Bonchev–Trinajstić information content (AvgIpc) is 2.87. The van der Waals surface area contributed by atoms with Crippen LogP contribution in [0.1, 0.15) is 18.9 Å². The fourth-order valence-corrected chi connectivity index (χ4v) is 1.75. The maximum atomic E-state index is 13.9. The Hall–Kier alpha value is -2.63. The summed E-state index contributed by atoms with van der Waals surface area (Å²) in [6.45, 7) is 2.80. The minimum atomic E-state index is -1.08. The van der Waals surface area contributed by atoms with Gasteiger partial charge >= 0.3 is 5.97 Å². The third kappa shape index (κ3) is 4.17. The van der Waals surface area contributed by atoms with Crippen LogP contribution in [0, 0.1) is 5.82 Å². The molecule has 0 atom stereocenters. The highest BCUT2D eigenvalue weighted by atomic mass is 19.1. The van der Waals surface area contributed by atoms with E-state index in [1.165, 1.54) is 24.4 Å². The molecular formula is C15H15FN2O3. The number of aliphatic carboxylic acids is 1. The Morgan fingerprint density at radius 1 is 1.52 bits per heavy atom. The van der Waals surface area contributed by atoms with Crippen molar-refractivity contribution < 1.29 is 19.0 Å². The normalized spacial score (nSPS) is 11.0. The first-order valence-corrected chi connectivity index (χ1v) is 6.49. The SMILES string of the molecule is CCCn1cc(Oc2ccc(/C=C/C(=O)O)cc2F)cn1. The third-order valence-corrected chi connectivity index (χ3v) is 2.66. The quantitative estimate of drug-likeness (QED) is 0.829. The number of carboxylic acids is 1. The van der Waals surface area contributed by atoms with E-state index in [0.717, 1.165) is 19.0 Å². The van der Waals surface area contributed by atoms with Crippen molar-refractivity contribution in [3.8, 4) is 11.5 Å². The number of hydrogen-bond donors (Lipinski definition) is 1. The lowest BCUT2D eigenvalue weighted by atomic mass is 10.2. The standard InChI is InChI=1S/C15H15FN2O3/c1-2-7-18-10-12(9-17-18)21-14-5-3-11(8-13(14)16)4-6-15(19)20/h3-6,8-10H,2,7H2,1H3,(H,19,20)/b6-4+. The van der Waals surface area contributed by atoms with Crippen LogP contribution in [0.3, 0.4) is 0 Å². The summed E-state index contributed by atoms with van der Waals surface area (Å²) in [6, 6.07) is 4.24. The largest absolute Gasteiger partial charge is 0.478 e. The summed E-state index contributed by atoms with van der Waals surface area (Å²) in [4.78, 5) is 10.4. The van der Waals surface area contributed by atoms with Gasteiger partial charge in [0.1, 0.15) is 0 Å². The van der Waals surface area contributed by atoms with E-state index >= 15 is 0 Å². The monoisotopic (exact) mass is 290 g/mol. The van der Waals surface area contributed by atoms with Gasteiger partial charge in [-0.05, 0) is 30.2 Å². The maximum Gasteiger partial charge on any atom is 0.328 e. The van der Waals surface area contributed by atoms with Gasteiger partial charge in [-0.25, -0.2) is 9.18 Å². The lowest BCUT2D eigenvalue weighted by Crippen LogP contribution is -1.95. The minimum absolute atomic E-state index is 0.0681. The molecule has 5 nitrogen and oxygen atoms in total. The molecule has 2 aromatic rings. The van der Waals surface area contributed by atoms with Crippen LogP contribution >= 0.6 is 0 Å². The van der Waals surface area contributed by atoms with E-state index in [0.29, 0.717) is 11.3 Å². The molecule has 110 valence electrons. The maximum absolute atomic E-state index is 13.9. The second kappa shape index (κ2) is 6.69. The van der Waals surface area contributed by atoms with Crippen molar-refractivity contribution in [2.75, 3.05) is 0 Å². The van der Waals surface area contributed by atoms with E-state index < -0.39 is 11.8 Å². The summed E-state index contributed by atoms with van der Waals surface area (Å²) in [6.07, 6.45) is 6.42. The van der Waals surface area contributed by atoms with Crippen LogP contribution in [-0.4, -0.2) is 20.9 Å². The topological polar surface area (TPSA) is 64.3 Å². The van der Waals surface area contributed by atoms with E-state index in [9.17, 15) is 9.18 Å². The molecule has 0 aliphatic rings. The highest BCUT2D eigenvalue weighted by molar-refractivity contribution is 5.85. The van der Waals surface area contributed by atoms with Crippen LogP contribution < -0.4 is 4.74 Å². The van der Waals surface area contributed by atoms with Crippen molar-refractivity contribution in [1.29, 1.82) is 0 Å². The highest BCUT2D eigenvalue weighted by Crippen LogP contribution is 2.25. The summed E-state index contributed by atoms with van der Waals surface area (Å²) >= 11 is 0. The minimum Gasteiger partial charge on any atom is -0.478 e. The van der Waals surface area contributed by atoms with Gasteiger partial charge in [-0.1, -0.05) is 13.0 Å². The first-order chi connectivity index (χ1) is 10.1. The van der Waals surface area contributed by atoms with Gasteiger partial charge < -0.3 is 9.84 Å². The van der Waals surface area contributed by atoms with E-state index in [1.807, 2.05) is 6.92 Å². The summed E-state index contributed by atoms with van der Waals surface area (Å²) in [5.41, 5.74) is 0.448. The van der Waals surface area contributed by atoms with Gasteiger partial charge in [-0.3, -0.25) is 4.68 Å². The number of ether oxygens (including phenoxy) is 1. The Morgan fingerprint density at radius 3 is 3.00 bits per heavy atom. The number of aromatic nitrogens is 2. The van der Waals surface area contributed by atoms with Gasteiger partial charge in [-0.2, -0.15) is 5.10 Å². The molecule has 0 saturated carbocycles. The number of aryl methyl sites for hydroxylation is 1. The number of carbonyl (C=O) groups is 1. The number of halogens is 1. The van der Waals surface area contributed by atoms with E-state index in [4.69, 9.17) is 9.84 Å². The molecule has 21 heavy (non-hydrogen) atoms. The zero-order valence-corrected chi connectivity index (χ0v) is 11.5. The molecular weight excluding hydrogens is 275 g/mol. The van der Waals surface area contributed by atoms with E-state index in [2.05, 4.69) is 5.10 Å². The molecule has 0 radical (unpaired) electrons. The third-order valence-electron chi connectivity index (χ3n) is 2.66. The molecule has 6 heteroatoms. The Morgan fingerprint density at radius 2 is 2.33 bits per heavy atom. The molecule has 0 unspecified atom stereocenters. The number of rotatable bonds is 6. The summed E-state index contributed by atoms with van der Waals surface area (Å²) in [5.74, 6) is -1.13. The van der Waals surface area contributed by atoms with Gasteiger partial charge in [0.2, 0.25) is 0 Å².